The van der Waals surface area contributed by atoms with Crippen LogP contribution in [0.1, 0.15) is 32.3 Å². The molecule has 0 saturated carbocycles. The highest BCUT2D eigenvalue weighted by molar-refractivity contribution is 6.31. The molecule has 1 aromatic carbocycles. The van der Waals surface area contributed by atoms with Crippen molar-refractivity contribution in [3.63, 3.8) is 0 Å². The third-order valence-corrected chi connectivity index (χ3v) is 4.07. The Hall–Kier alpha value is -0.730. The predicted octanol–water partition coefficient (Wildman–Crippen LogP) is 3.47. The zero-order valence-corrected chi connectivity index (χ0v) is 12.1. The normalized spacial score (nSPS) is 19.0. The van der Waals surface area contributed by atoms with Gasteiger partial charge >= 0.3 is 0 Å². The monoisotopic (exact) mass is 266 g/mol. The van der Waals surface area contributed by atoms with Gasteiger partial charge in [0, 0.05) is 23.8 Å². The third-order valence-electron chi connectivity index (χ3n) is 3.72. The molecule has 1 heterocycles. The molecule has 100 valence electrons. The summed E-state index contributed by atoms with van der Waals surface area (Å²) in [6.07, 6.45) is 3.42. The van der Waals surface area contributed by atoms with Crippen molar-refractivity contribution in [3.05, 3.63) is 28.8 Å². The topological polar surface area (TPSA) is 29.3 Å². The number of hydrogen-bond acceptors (Lipinski definition) is 2. The average Bonchev–Trinajstić information content (AvgIpc) is 2.30. The van der Waals surface area contributed by atoms with Crippen LogP contribution in [0.5, 0.6) is 0 Å². The summed E-state index contributed by atoms with van der Waals surface area (Å²) in [5, 5.41) is 0.848. The van der Waals surface area contributed by atoms with E-state index >= 15 is 0 Å². The van der Waals surface area contributed by atoms with Crippen LogP contribution in [-0.2, 0) is 6.42 Å². The molecule has 1 aromatic rings. The Morgan fingerprint density at radius 3 is 2.78 bits per heavy atom. The molecule has 3 heteroatoms. The minimum atomic E-state index is 0.403. The Morgan fingerprint density at radius 1 is 1.39 bits per heavy atom. The number of nitrogens with zero attached hydrogens (tertiary/aromatic N) is 1. The zero-order valence-electron chi connectivity index (χ0n) is 11.4. The third kappa shape index (κ3) is 3.18. The molecule has 0 amide bonds. The summed E-state index contributed by atoms with van der Waals surface area (Å²) < 4.78 is 0. The lowest BCUT2D eigenvalue weighted by Gasteiger charge is -2.39. The summed E-state index contributed by atoms with van der Waals surface area (Å²) in [4.78, 5) is 2.45. The molecule has 2 rings (SSSR count). The van der Waals surface area contributed by atoms with Crippen molar-refractivity contribution in [2.45, 2.75) is 33.1 Å². The van der Waals surface area contributed by atoms with Gasteiger partial charge in [-0.05, 0) is 48.9 Å². The number of anilines is 1. The predicted molar refractivity (Wildman–Crippen MR) is 79.4 cm³/mol. The first-order valence-electron chi connectivity index (χ1n) is 6.75. The molecule has 0 aliphatic carbocycles. The van der Waals surface area contributed by atoms with Crippen LogP contribution in [0.4, 0.5) is 5.69 Å². The van der Waals surface area contributed by atoms with Crippen molar-refractivity contribution in [3.8, 4) is 0 Å². The number of rotatable bonds is 3. The Balaban J connectivity index is 2.16. The van der Waals surface area contributed by atoms with Crippen LogP contribution in [0, 0.1) is 5.41 Å². The maximum Gasteiger partial charge on any atom is 0.0459 e. The first-order valence-corrected chi connectivity index (χ1v) is 7.13. The molecule has 2 N–H and O–H groups in total. The van der Waals surface area contributed by atoms with Gasteiger partial charge in [-0.2, -0.15) is 0 Å². The number of halogens is 1. The minimum Gasteiger partial charge on any atom is -0.371 e. The minimum absolute atomic E-state index is 0.403. The highest BCUT2D eigenvalue weighted by Gasteiger charge is 2.26. The van der Waals surface area contributed by atoms with Crippen molar-refractivity contribution in [1.29, 1.82) is 0 Å². The second-order valence-electron chi connectivity index (χ2n) is 6.00. The second-order valence-corrected chi connectivity index (χ2v) is 6.41. The molecule has 18 heavy (non-hydrogen) atoms. The molecule has 0 atom stereocenters. The SMILES string of the molecule is CC1(C)CCCN(c2ccc(CCN)c(Cl)c2)C1. The maximum atomic E-state index is 6.32. The summed E-state index contributed by atoms with van der Waals surface area (Å²) in [7, 11) is 0. The van der Waals surface area contributed by atoms with E-state index in [1.165, 1.54) is 18.5 Å². The van der Waals surface area contributed by atoms with Crippen LogP contribution in [0.3, 0.4) is 0 Å². The lowest BCUT2D eigenvalue weighted by atomic mass is 9.84. The van der Waals surface area contributed by atoms with Crippen LogP contribution >= 0.6 is 11.6 Å². The van der Waals surface area contributed by atoms with Crippen molar-refractivity contribution >= 4 is 17.3 Å². The van der Waals surface area contributed by atoms with E-state index in [9.17, 15) is 0 Å². The molecule has 0 bridgehead atoms. The van der Waals surface area contributed by atoms with Gasteiger partial charge in [-0.15, -0.1) is 0 Å². The summed E-state index contributed by atoms with van der Waals surface area (Å²) in [5.41, 5.74) is 8.38. The molecule has 2 nitrogen and oxygen atoms in total. The number of nitrogens with two attached hydrogens (primary N) is 1. The lowest BCUT2D eigenvalue weighted by Crippen LogP contribution is -2.40. The van der Waals surface area contributed by atoms with Gasteiger partial charge in [-0.3, -0.25) is 0 Å². The molecule has 0 aromatic heterocycles. The van der Waals surface area contributed by atoms with Gasteiger partial charge in [0.05, 0.1) is 0 Å². The first-order chi connectivity index (χ1) is 8.52. The Morgan fingerprint density at radius 2 is 2.17 bits per heavy atom. The van der Waals surface area contributed by atoms with E-state index in [1.54, 1.807) is 0 Å². The standard InChI is InChI=1S/C15H23ClN2/c1-15(2)7-3-9-18(11-15)13-5-4-12(6-8-17)14(16)10-13/h4-5,10H,3,6-9,11,17H2,1-2H3. The van der Waals surface area contributed by atoms with Crippen LogP contribution in [0.2, 0.25) is 5.02 Å². The summed E-state index contributed by atoms with van der Waals surface area (Å²) in [6, 6.07) is 6.39. The molecule has 1 saturated heterocycles. The lowest BCUT2D eigenvalue weighted by molar-refractivity contribution is 0.293. The van der Waals surface area contributed by atoms with Crippen molar-refractivity contribution in [2.75, 3.05) is 24.5 Å². The van der Waals surface area contributed by atoms with E-state index in [4.69, 9.17) is 17.3 Å². The number of piperidine rings is 1. The molecule has 0 unspecified atom stereocenters. The summed E-state index contributed by atoms with van der Waals surface area (Å²) in [6.45, 7) is 7.57. The van der Waals surface area contributed by atoms with Gasteiger partial charge in [0.15, 0.2) is 0 Å². The quantitative estimate of drug-likeness (QED) is 0.908. The fraction of sp³-hybridized carbons (Fsp3) is 0.600. The highest BCUT2D eigenvalue weighted by atomic mass is 35.5. The molecule has 0 radical (unpaired) electrons. The van der Waals surface area contributed by atoms with Crippen LogP contribution < -0.4 is 10.6 Å². The van der Waals surface area contributed by atoms with Gasteiger partial charge in [-0.25, -0.2) is 0 Å². The van der Waals surface area contributed by atoms with Gasteiger partial charge in [0.25, 0.3) is 0 Å². The van der Waals surface area contributed by atoms with E-state index in [1.807, 2.05) is 0 Å². The van der Waals surface area contributed by atoms with Gasteiger partial charge in [0.1, 0.15) is 0 Å². The van der Waals surface area contributed by atoms with Crippen LogP contribution in [0.25, 0.3) is 0 Å². The van der Waals surface area contributed by atoms with Crippen molar-refractivity contribution < 1.29 is 0 Å². The van der Waals surface area contributed by atoms with Crippen molar-refractivity contribution in [1.82, 2.24) is 0 Å². The van der Waals surface area contributed by atoms with Crippen molar-refractivity contribution in [2.24, 2.45) is 11.1 Å². The van der Waals surface area contributed by atoms with E-state index in [0.29, 0.717) is 12.0 Å². The fourth-order valence-corrected chi connectivity index (χ4v) is 3.00. The number of benzene rings is 1. The Bertz CT molecular complexity index is 415. The first kappa shape index (κ1) is 13.7. The van der Waals surface area contributed by atoms with Gasteiger partial charge < -0.3 is 10.6 Å². The Kier molecular flexibility index (Phi) is 4.18. The largest absolute Gasteiger partial charge is 0.371 e. The molecule has 1 aliphatic rings. The summed E-state index contributed by atoms with van der Waals surface area (Å²) >= 11 is 6.32. The maximum absolute atomic E-state index is 6.32. The van der Waals surface area contributed by atoms with E-state index < -0.39 is 0 Å². The fourth-order valence-electron chi connectivity index (χ4n) is 2.73. The van der Waals surface area contributed by atoms with Gasteiger partial charge in [0.2, 0.25) is 0 Å². The Labute approximate surface area is 115 Å². The van der Waals surface area contributed by atoms with E-state index in [-0.39, 0.29) is 0 Å². The molecular formula is C15H23ClN2. The van der Waals surface area contributed by atoms with Crippen LogP contribution in [0.15, 0.2) is 18.2 Å². The molecule has 0 spiro atoms. The second kappa shape index (κ2) is 5.50. The molecular weight excluding hydrogens is 244 g/mol. The zero-order chi connectivity index (χ0) is 13.2. The summed E-state index contributed by atoms with van der Waals surface area (Å²) in [5.74, 6) is 0. The average molecular weight is 267 g/mol. The van der Waals surface area contributed by atoms with E-state index in [2.05, 4.69) is 36.9 Å². The van der Waals surface area contributed by atoms with E-state index in [0.717, 1.165) is 30.1 Å². The smallest absolute Gasteiger partial charge is 0.0459 e. The molecule has 1 aliphatic heterocycles. The number of hydrogen-bond donors (Lipinski definition) is 1. The molecule has 1 fully saturated rings. The highest BCUT2D eigenvalue weighted by Crippen LogP contribution is 2.33. The van der Waals surface area contributed by atoms with Gasteiger partial charge in [-0.1, -0.05) is 31.5 Å². The van der Waals surface area contributed by atoms with Crippen LogP contribution in [-0.4, -0.2) is 19.6 Å².